The number of carbonyl (C=O) groups is 3. The van der Waals surface area contributed by atoms with Gasteiger partial charge in [0.05, 0.1) is 12.5 Å². The molecule has 0 aromatic carbocycles. The maximum Gasteiger partial charge on any atom is 0.408 e. The van der Waals surface area contributed by atoms with E-state index in [1.165, 1.54) is 26.4 Å². The molecule has 33 heavy (non-hydrogen) atoms. The summed E-state index contributed by atoms with van der Waals surface area (Å²) >= 11 is 0. The van der Waals surface area contributed by atoms with Crippen LogP contribution in [0.4, 0.5) is 4.79 Å². The fourth-order valence-electron chi connectivity index (χ4n) is 8.40. The molecule has 6 bridgehead atoms. The highest BCUT2D eigenvalue weighted by atomic mass is 16.6. The second kappa shape index (κ2) is 8.16. The highest BCUT2D eigenvalue weighted by Gasteiger charge is 2.58. The van der Waals surface area contributed by atoms with Crippen molar-refractivity contribution in [2.24, 2.45) is 29.1 Å². The van der Waals surface area contributed by atoms with E-state index in [4.69, 9.17) is 9.47 Å². The van der Waals surface area contributed by atoms with Crippen LogP contribution in [0.5, 0.6) is 0 Å². The second-order valence-electron chi connectivity index (χ2n) is 12.7. The highest BCUT2D eigenvalue weighted by molar-refractivity contribution is 5.85. The van der Waals surface area contributed by atoms with Crippen molar-refractivity contribution in [3.63, 3.8) is 0 Å². The van der Waals surface area contributed by atoms with Crippen molar-refractivity contribution in [1.82, 2.24) is 10.2 Å². The highest BCUT2D eigenvalue weighted by Crippen LogP contribution is 2.61. The van der Waals surface area contributed by atoms with Crippen LogP contribution < -0.4 is 5.32 Å². The lowest BCUT2D eigenvalue weighted by atomic mass is 9.49. The van der Waals surface area contributed by atoms with Gasteiger partial charge in [-0.3, -0.25) is 4.79 Å². The van der Waals surface area contributed by atoms with E-state index >= 15 is 0 Å². The molecule has 4 saturated carbocycles. The number of ether oxygens (including phenoxy) is 2. The first-order valence-electron chi connectivity index (χ1n) is 13.0. The molecule has 0 spiro atoms. The number of carbonyl (C=O) groups excluding carboxylic acids is 3. The van der Waals surface area contributed by atoms with Crippen molar-refractivity contribution < 1.29 is 23.9 Å². The molecule has 7 heteroatoms. The molecule has 0 aromatic heterocycles. The maximum atomic E-state index is 14.1. The largest absolute Gasteiger partial charge is 0.467 e. The van der Waals surface area contributed by atoms with Gasteiger partial charge in [0.1, 0.15) is 11.6 Å². The van der Waals surface area contributed by atoms with Crippen LogP contribution in [0.3, 0.4) is 0 Å². The number of hydrogen-bond donors (Lipinski definition) is 1. The molecule has 0 aromatic rings. The van der Waals surface area contributed by atoms with Gasteiger partial charge in [-0.05, 0) is 109 Å². The molecule has 6 rings (SSSR count). The average molecular weight is 461 g/mol. The van der Waals surface area contributed by atoms with Gasteiger partial charge >= 0.3 is 12.1 Å². The minimum absolute atomic E-state index is 0.0529. The number of alkyl carbamates (subject to hydrolysis) is 1. The van der Waals surface area contributed by atoms with Crippen LogP contribution in [-0.4, -0.2) is 53.7 Å². The molecule has 2 saturated heterocycles. The zero-order valence-corrected chi connectivity index (χ0v) is 20.6. The van der Waals surface area contributed by atoms with Gasteiger partial charge in [0, 0.05) is 12.1 Å². The number of rotatable bonds is 4. The van der Waals surface area contributed by atoms with Gasteiger partial charge in [0.15, 0.2) is 0 Å². The Hall–Kier alpha value is -1.79. The van der Waals surface area contributed by atoms with Crippen molar-refractivity contribution in [2.45, 2.75) is 109 Å². The van der Waals surface area contributed by atoms with Crippen LogP contribution in [0.25, 0.3) is 0 Å². The Balaban J connectivity index is 1.29. The molecule has 6 aliphatic rings. The summed E-state index contributed by atoms with van der Waals surface area (Å²) in [6, 6.07) is -0.437. The van der Waals surface area contributed by atoms with E-state index in [1.54, 1.807) is 20.8 Å². The molecule has 2 heterocycles. The predicted molar refractivity (Wildman–Crippen MR) is 122 cm³/mol. The molecule has 7 nitrogen and oxygen atoms in total. The van der Waals surface area contributed by atoms with E-state index in [0.717, 1.165) is 62.7 Å². The molecule has 6 fully saturated rings. The Morgan fingerprint density at radius 2 is 1.42 bits per heavy atom. The van der Waals surface area contributed by atoms with Gasteiger partial charge < -0.3 is 19.7 Å². The smallest absolute Gasteiger partial charge is 0.408 e. The van der Waals surface area contributed by atoms with Gasteiger partial charge in [-0.25, -0.2) is 9.59 Å². The number of nitrogens with one attached hydrogen (secondary N) is 1. The Labute approximate surface area is 197 Å². The third-order valence-electron chi connectivity index (χ3n) is 9.09. The van der Waals surface area contributed by atoms with Crippen LogP contribution in [0.15, 0.2) is 0 Å². The van der Waals surface area contributed by atoms with E-state index in [0.29, 0.717) is 5.91 Å². The molecule has 1 N–H and O–H groups in total. The topological polar surface area (TPSA) is 84.9 Å². The summed E-state index contributed by atoms with van der Waals surface area (Å²) < 4.78 is 10.4. The summed E-state index contributed by atoms with van der Waals surface area (Å²) in [7, 11) is 1.35. The maximum absolute atomic E-state index is 14.1. The summed E-state index contributed by atoms with van der Waals surface area (Å²) in [6.07, 6.45) is 10.1. The van der Waals surface area contributed by atoms with Crippen molar-refractivity contribution in [3.8, 4) is 0 Å². The van der Waals surface area contributed by atoms with Crippen molar-refractivity contribution in [2.75, 3.05) is 7.11 Å². The van der Waals surface area contributed by atoms with Crippen molar-refractivity contribution in [1.29, 1.82) is 0 Å². The van der Waals surface area contributed by atoms with Crippen molar-refractivity contribution >= 4 is 18.0 Å². The molecule has 0 radical (unpaired) electrons. The summed E-state index contributed by atoms with van der Waals surface area (Å²) in [4.78, 5) is 41.3. The Morgan fingerprint density at radius 1 is 0.909 bits per heavy atom. The minimum Gasteiger partial charge on any atom is -0.467 e. The first kappa shape index (κ1) is 23.0. The van der Waals surface area contributed by atoms with Crippen LogP contribution in [0.2, 0.25) is 0 Å². The second-order valence-corrected chi connectivity index (χ2v) is 12.7. The number of amides is 2. The van der Waals surface area contributed by atoms with E-state index in [-0.39, 0.29) is 23.4 Å². The number of methoxy groups -OCH3 is 1. The number of piperidine rings is 1. The molecule has 2 unspecified atom stereocenters. The minimum atomic E-state index is -0.746. The van der Waals surface area contributed by atoms with Gasteiger partial charge in [0.2, 0.25) is 5.91 Å². The molecule has 2 amide bonds. The van der Waals surface area contributed by atoms with E-state index in [2.05, 4.69) is 10.2 Å². The number of hydrogen-bond acceptors (Lipinski definition) is 5. The number of fused-ring (bicyclic) bond motifs is 2. The lowest BCUT2D eigenvalue weighted by Gasteiger charge is -2.57. The molecule has 3 atom stereocenters. The van der Waals surface area contributed by atoms with Gasteiger partial charge in [-0.2, -0.15) is 0 Å². The quantitative estimate of drug-likeness (QED) is 0.640. The molecular formula is C26H40N2O5. The molecule has 4 aliphatic carbocycles. The number of esters is 1. The van der Waals surface area contributed by atoms with E-state index < -0.39 is 23.7 Å². The summed E-state index contributed by atoms with van der Waals surface area (Å²) in [5.41, 5.74) is -0.767. The number of nitrogens with zero attached hydrogens (tertiary/aromatic N) is 1. The van der Waals surface area contributed by atoms with Crippen LogP contribution >= 0.6 is 0 Å². The molecular weight excluding hydrogens is 420 g/mol. The zero-order chi connectivity index (χ0) is 23.5. The summed E-state index contributed by atoms with van der Waals surface area (Å²) in [6.45, 7) is 5.40. The fourth-order valence-corrected chi connectivity index (χ4v) is 8.40. The average Bonchev–Trinajstić information content (AvgIpc) is 2.97. The third-order valence-corrected chi connectivity index (χ3v) is 9.09. The van der Waals surface area contributed by atoms with Crippen LogP contribution in [0, 0.1) is 29.1 Å². The molecule has 184 valence electrons. The first-order chi connectivity index (χ1) is 15.6. The SMILES string of the molecule is COC(=O)[C@@H](NC(=O)OC(C)(C)C)C1CC2CCC(C1)N2C(=O)C12CC3CC(CC(C3)C1)C2. The van der Waals surface area contributed by atoms with Crippen molar-refractivity contribution in [3.05, 3.63) is 0 Å². The van der Waals surface area contributed by atoms with E-state index in [9.17, 15) is 14.4 Å². The van der Waals surface area contributed by atoms with Gasteiger partial charge in [-0.1, -0.05) is 0 Å². The Bertz CT molecular complexity index is 769. The monoisotopic (exact) mass is 460 g/mol. The lowest BCUT2D eigenvalue weighted by Crippen LogP contribution is -2.60. The normalized spacial score (nSPS) is 39.8. The summed E-state index contributed by atoms with van der Waals surface area (Å²) in [5, 5.41) is 2.78. The molecule has 2 aliphatic heterocycles. The van der Waals surface area contributed by atoms with Crippen LogP contribution in [-0.2, 0) is 19.1 Å². The zero-order valence-electron chi connectivity index (χ0n) is 20.6. The third kappa shape index (κ3) is 4.25. The summed E-state index contributed by atoms with van der Waals surface area (Å²) in [5.74, 6) is 2.16. The Kier molecular flexibility index (Phi) is 5.68. The van der Waals surface area contributed by atoms with Crippen LogP contribution in [0.1, 0.15) is 85.0 Å². The van der Waals surface area contributed by atoms with Gasteiger partial charge in [0.25, 0.3) is 0 Å². The predicted octanol–water partition coefficient (Wildman–Crippen LogP) is 4.04. The van der Waals surface area contributed by atoms with E-state index in [1.807, 2.05) is 0 Å². The van der Waals surface area contributed by atoms with Gasteiger partial charge in [-0.15, -0.1) is 0 Å². The Morgan fingerprint density at radius 3 is 1.88 bits per heavy atom. The lowest BCUT2D eigenvalue weighted by molar-refractivity contribution is -0.163. The fraction of sp³-hybridized carbons (Fsp3) is 0.885. The standard InChI is InChI=1S/C26H40N2O5/c1-25(2,3)33-24(31)27-21(22(29)32-4)18-10-19-5-6-20(11-18)28(19)23(30)26-12-15-7-16(13-26)9-17(8-15)14-26/h15-21H,5-14H2,1-4H3,(H,27,31)/t15?,16?,17?,18?,19?,20?,21-,26?/m0/s1. The first-order valence-corrected chi connectivity index (χ1v) is 13.0.